The second kappa shape index (κ2) is 11.3. The average Bonchev–Trinajstić information content (AvgIpc) is 2.83. The maximum Gasteiger partial charge on any atom is 0.269 e. The third kappa shape index (κ3) is 6.93. The van der Waals surface area contributed by atoms with Gasteiger partial charge < -0.3 is 14.8 Å². The molecule has 11 heteroatoms. The Morgan fingerprint density at radius 1 is 0.943 bits per heavy atom. The Morgan fingerprint density at radius 2 is 1.69 bits per heavy atom. The first-order chi connectivity index (χ1) is 16.7. The molecule has 0 saturated carbocycles. The van der Waals surface area contributed by atoms with Crippen LogP contribution in [0.15, 0.2) is 66.7 Å². The number of benzene rings is 3. The molecule has 3 rings (SSSR count). The molecule has 184 valence electrons. The van der Waals surface area contributed by atoms with Gasteiger partial charge >= 0.3 is 0 Å². The van der Waals surface area contributed by atoms with Gasteiger partial charge in [0.25, 0.3) is 11.6 Å². The molecule has 0 fully saturated rings. The third-order valence-electron chi connectivity index (χ3n) is 5.06. The number of para-hydroxylation sites is 1. The SMILES string of the molecule is COc1ccc(CCNC(=O)c2ccccc2NS(=O)(=O)Cc2cccc([N+](=O)[O-])c2)cc1OC. The predicted octanol–water partition coefficient (Wildman–Crippen LogP) is 3.53. The Morgan fingerprint density at radius 3 is 2.40 bits per heavy atom. The summed E-state index contributed by atoms with van der Waals surface area (Å²) in [4.78, 5) is 23.1. The molecule has 0 radical (unpaired) electrons. The zero-order valence-electron chi connectivity index (χ0n) is 19.2. The highest BCUT2D eigenvalue weighted by Crippen LogP contribution is 2.27. The van der Waals surface area contributed by atoms with E-state index in [4.69, 9.17) is 9.47 Å². The van der Waals surface area contributed by atoms with Crippen molar-refractivity contribution in [1.29, 1.82) is 0 Å². The highest BCUT2D eigenvalue weighted by atomic mass is 32.2. The fourth-order valence-corrected chi connectivity index (χ4v) is 4.61. The fraction of sp³-hybridized carbons (Fsp3) is 0.208. The molecule has 0 heterocycles. The lowest BCUT2D eigenvalue weighted by Crippen LogP contribution is -2.27. The average molecular weight is 500 g/mol. The van der Waals surface area contributed by atoms with Crippen LogP contribution in [-0.2, 0) is 22.2 Å². The number of nitro benzene ring substituents is 1. The summed E-state index contributed by atoms with van der Waals surface area (Å²) in [6.45, 7) is 0.309. The van der Waals surface area contributed by atoms with Crippen molar-refractivity contribution in [2.24, 2.45) is 0 Å². The van der Waals surface area contributed by atoms with Crippen LogP contribution in [-0.4, -0.2) is 40.0 Å². The summed E-state index contributed by atoms with van der Waals surface area (Å²) in [5.74, 6) is 0.259. The summed E-state index contributed by atoms with van der Waals surface area (Å²) in [7, 11) is -0.852. The van der Waals surface area contributed by atoms with E-state index in [1.165, 1.54) is 36.4 Å². The van der Waals surface area contributed by atoms with Crippen molar-refractivity contribution in [2.75, 3.05) is 25.5 Å². The van der Waals surface area contributed by atoms with Crippen LogP contribution in [0.1, 0.15) is 21.5 Å². The van der Waals surface area contributed by atoms with E-state index in [0.29, 0.717) is 24.5 Å². The molecule has 0 aliphatic rings. The molecule has 0 aliphatic heterocycles. The Labute approximate surface area is 203 Å². The minimum absolute atomic E-state index is 0.113. The molecule has 0 spiro atoms. The Hall–Kier alpha value is -4.12. The Bertz CT molecular complexity index is 1330. The monoisotopic (exact) mass is 499 g/mol. The zero-order valence-corrected chi connectivity index (χ0v) is 20.0. The van der Waals surface area contributed by atoms with Crippen LogP contribution in [0.3, 0.4) is 0 Å². The van der Waals surface area contributed by atoms with Crippen molar-refractivity contribution in [3.8, 4) is 11.5 Å². The van der Waals surface area contributed by atoms with Crippen LogP contribution < -0.4 is 19.5 Å². The molecule has 0 bridgehead atoms. The van der Waals surface area contributed by atoms with Crippen LogP contribution in [0.25, 0.3) is 0 Å². The fourth-order valence-electron chi connectivity index (χ4n) is 3.40. The van der Waals surface area contributed by atoms with Gasteiger partial charge in [0.1, 0.15) is 0 Å². The first kappa shape index (κ1) is 25.5. The summed E-state index contributed by atoms with van der Waals surface area (Å²) in [6, 6.07) is 17.1. The van der Waals surface area contributed by atoms with E-state index < -0.39 is 26.6 Å². The van der Waals surface area contributed by atoms with Crippen LogP contribution >= 0.6 is 0 Å². The van der Waals surface area contributed by atoms with Gasteiger partial charge in [-0.2, -0.15) is 0 Å². The van der Waals surface area contributed by atoms with E-state index in [1.54, 1.807) is 32.4 Å². The van der Waals surface area contributed by atoms with Crippen molar-refractivity contribution in [3.05, 3.63) is 93.5 Å². The van der Waals surface area contributed by atoms with Gasteiger partial charge in [0.2, 0.25) is 10.0 Å². The van der Waals surface area contributed by atoms with Crippen molar-refractivity contribution in [2.45, 2.75) is 12.2 Å². The van der Waals surface area contributed by atoms with Gasteiger partial charge in [-0.05, 0) is 41.8 Å². The van der Waals surface area contributed by atoms with E-state index in [2.05, 4.69) is 10.0 Å². The molecular weight excluding hydrogens is 474 g/mol. The molecule has 0 atom stereocenters. The van der Waals surface area contributed by atoms with E-state index in [-0.39, 0.29) is 22.5 Å². The molecule has 35 heavy (non-hydrogen) atoms. The minimum atomic E-state index is -3.94. The van der Waals surface area contributed by atoms with Crippen LogP contribution in [0.5, 0.6) is 11.5 Å². The number of hydrogen-bond acceptors (Lipinski definition) is 7. The van der Waals surface area contributed by atoms with Crippen molar-refractivity contribution in [3.63, 3.8) is 0 Å². The smallest absolute Gasteiger partial charge is 0.269 e. The van der Waals surface area contributed by atoms with Crippen LogP contribution in [0.2, 0.25) is 0 Å². The first-order valence-electron chi connectivity index (χ1n) is 10.5. The maximum absolute atomic E-state index is 12.8. The molecule has 0 saturated heterocycles. The molecule has 0 unspecified atom stereocenters. The second-order valence-electron chi connectivity index (χ2n) is 7.53. The summed E-state index contributed by atoms with van der Waals surface area (Å²) in [5.41, 5.74) is 1.24. The number of carbonyl (C=O) groups excluding carboxylic acids is 1. The largest absolute Gasteiger partial charge is 0.493 e. The number of nitrogens with one attached hydrogen (secondary N) is 2. The van der Waals surface area contributed by atoms with Crippen molar-refractivity contribution in [1.82, 2.24) is 5.32 Å². The molecule has 0 aromatic heterocycles. The van der Waals surface area contributed by atoms with Gasteiger partial charge in [0.15, 0.2) is 11.5 Å². The van der Waals surface area contributed by atoms with Gasteiger partial charge in [-0.25, -0.2) is 8.42 Å². The quantitative estimate of drug-likeness (QED) is 0.304. The highest BCUT2D eigenvalue weighted by molar-refractivity contribution is 7.91. The Kier molecular flexibility index (Phi) is 8.26. The number of carbonyl (C=O) groups is 1. The predicted molar refractivity (Wildman–Crippen MR) is 131 cm³/mol. The lowest BCUT2D eigenvalue weighted by Gasteiger charge is -2.13. The van der Waals surface area contributed by atoms with E-state index >= 15 is 0 Å². The lowest BCUT2D eigenvalue weighted by atomic mass is 10.1. The molecular formula is C24H25N3O7S. The molecule has 10 nitrogen and oxygen atoms in total. The molecule has 2 N–H and O–H groups in total. The van der Waals surface area contributed by atoms with Gasteiger partial charge in [-0.1, -0.05) is 30.3 Å². The number of sulfonamides is 1. The normalized spacial score (nSPS) is 10.9. The topological polar surface area (TPSA) is 137 Å². The summed E-state index contributed by atoms with van der Waals surface area (Å²) in [6.07, 6.45) is 0.521. The third-order valence-corrected chi connectivity index (χ3v) is 6.31. The second-order valence-corrected chi connectivity index (χ2v) is 9.25. The number of nitrogens with zero attached hydrogens (tertiary/aromatic N) is 1. The number of amides is 1. The molecule has 3 aromatic carbocycles. The molecule has 0 aliphatic carbocycles. The van der Waals surface area contributed by atoms with Crippen LogP contribution in [0, 0.1) is 10.1 Å². The molecule has 1 amide bonds. The number of hydrogen-bond donors (Lipinski definition) is 2. The van der Waals surface area contributed by atoms with E-state index in [0.717, 1.165) is 5.56 Å². The number of methoxy groups -OCH3 is 2. The number of rotatable bonds is 11. The summed E-state index contributed by atoms with van der Waals surface area (Å²) >= 11 is 0. The van der Waals surface area contributed by atoms with Crippen molar-refractivity contribution < 1.29 is 27.6 Å². The van der Waals surface area contributed by atoms with Crippen molar-refractivity contribution >= 4 is 27.3 Å². The van der Waals surface area contributed by atoms with E-state index in [9.17, 15) is 23.3 Å². The van der Waals surface area contributed by atoms with Gasteiger partial charge in [0, 0.05) is 18.7 Å². The minimum Gasteiger partial charge on any atom is -0.493 e. The highest BCUT2D eigenvalue weighted by Gasteiger charge is 2.18. The lowest BCUT2D eigenvalue weighted by molar-refractivity contribution is -0.384. The number of ether oxygens (including phenoxy) is 2. The zero-order chi connectivity index (χ0) is 25.4. The summed E-state index contributed by atoms with van der Waals surface area (Å²) < 4.78 is 38.3. The van der Waals surface area contributed by atoms with Crippen LogP contribution in [0.4, 0.5) is 11.4 Å². The number of non-ortho nitro benzene ring substituents is 1. The van der Waals surface area contributed by atoms with Gasteiger partial charge in [-0.3, -0.25) is 19.6 Å². The maximum atomic E-state index is 12.8. The number of anilines is 1. The molecule has 3 aromatic rings. The summed E-state index contributed by atoms with van der Waals surface area (Å²) in [5, 5.41) is 13.7. The number of nitro groups is 1. The standard InChI is InChI=1S/C24H25N3O7S/c1-33-22-11-10-17(15-23(22)34-2)12-13-25-24(28)20-8-3-4-9-21(20)26-35(31,32)16-18-6-5-7-19(14-18)27(29)30/h3-11,14-15,26H,12-13,16H2,1-2H3,(H,25,28). The first-order valence-corrected chi connectivity index (χ1v) is 12.2. The van der Waals surface area contributed by atoms with Gasteiger partial charge in [0.05, 0.1) is 36.1 Å². The van der Waals surface area contributed by atoms with E-state index in [1.807, 2.05) is 12.1 Å². The van der Waals surface area contributed by atoms with Gasteiger partial charge in [-0.15, -0.1) is 0 Å². The Balaban J connectivity index is 1.66.